The molecule has 0 amide bonds. The minimum absolute atomic E-state index is 0.111. The second-order valence-electron chi connectivity index (χ2n) is 4.09. The summed E-state index contributed by atoms with van der Waals surface area (Å²) in [6.07, 6.45) is -0.395. The summed E-state index contributed by atoms with van der Waals surface area (Å²) in [5.41, 5.74) is 0. The first-order chi connectivity index (χ1) is 7.08. The highest BCUT2D eigenvalue weighted by molar-refractivity contribution is 5.67. The van der Waals surface area contributed by atoms with Gasteiger partial charge in [0, 0.05) is 25.9 Å². The second-order valence-corrected chi connectivity index (χ2v) is 4.09. The lowest BCUT2D eigenvalue weighted by atomic mass is 9.95. The number of halogens is 2. The predicted octanol–water partition coefficient (Wildman–Crippen LogP) is 1.83. The molecule has 0 bridgehead atoms. The molecule has 0 radical (unpaired) electrons. The zero-order chi connectivity index (χ0) is 11.3. The topological polar surface area (TPSA) is 40.5 Å². The lowest BCUT2D eigenvalue weighted by Crippen LogP contribution is -2.37. The van der Waals surface area contributed by atoms with Crippen molar-refractivity contribution in [2.45, 2.75) is 32.1 Å². The predicted molar refractivity (Wildman–Crippen MR) is 52.0 cm³/mol. The van der Waals surface area contributed by atoms with E-state index in [2.05, 4.69) is 0 Å². The number of likely N-dealkylation sites (tertiary alicyclic amines) is 1. The molecule has 1 rings (SSSR count). The molecule has 1 unspecified atom stereocenters. The number of alkyl halides is 2. The third kappa shape index (κ3) is 5.06. The van der Waals surface area contributed by atoms with E-state index in [4.69, 9.17) is 5.11 Å². The van der Waals surface area contributed by atoms with Crippen molar-refractivity contribution in [3.05, 3.63) is 0 Å². The molecule has 88 valence electrons. The van der Waals surface area contributed by atoms with Gasteiger partial charge in [0.25, 0.3) is 0 Å². The summed E-state index contributed by atoms with van der Waals surface area (Å²) in [4.78, 5) is 12.4. The Bertz CT molecular complexity index is 212. The third-order valence-electron chi connectivity index (χ3n) is 2.73. The Balaban J connectivity index is 2.25. The fraction of sp³-hybridized carbons (Fsp3) is 0.900. The van der Waals surface area contributed by atoms with E-state index >= 15 is 0 Å². The molecule has 15 heavy (non-hydrogen) atoms. The van der Waals surface area contributed by atoms with E-state index in [9.17, 15) is 13.6 Å². The Morgan fingerprint density at radius 3 is 2.87 bits per heavy atom. The van der Waals surface area contributed by atoms with Crippen molar-refractivity contribution in [3.63, 3.8) is 0 Å². The van der Waals surface area contributed by atoms with Crippen molar-refractivity contribution >= 4 is 5.97 Å². The van der Waals surface area contributed by atoms with Crippen molar-refractivity contribution in [2.24, 2.45) is 5.92 Å². The molecule has 1 saturated heterocycles. The number of rotatable bonds is 5. The van der Waals surface area contributed by atoms with Gasteiger partial charge in [0.2, 0.25) is 6.43 Å². The van der Waals surface area contributed by atoms with Gasteiger partial charge in [-0.25, -0.2) is 8.78 Å². The van der Waals surface area contributed by atoms with Crippen molar-refractivity contribution in [3.8, 4) is 0 Å². The van der Waals surface area contributed by atoms with Crippen LogP contribution in [-0.2, 0) is 4.79 Å². The third-order valence-corrected chi connectivity index (χ3v) is 2.73. The molecule has 1 heterocycles. The summed E-state index contributed by atoms with van der Waals surface area (Å²) >= 11 is 0. The molecule has 1 fully saturated rings. The molecule has 1 aliphatic heterocycles. The SMILES string of the molecule is O=C(O)CC1CCCN(CCC(F)F)C1. The van der Waals surface area contributed by atoms with Gasteiger partial charge in [-0.15, -0.1) is 0 Å². The van der Waals surface area contributed by atoms with Crippen molar-refractivity contribution in [2.75, 3.05) is 19.6 Å². The van der Waals surface area contributed by atoms with Crippen molar-refractivity contribution < 1.29 is 18.7 Å². The van der Waals surface area contributed by atoms with Gasteiger partial charge in [-0.1, -0.05) is 0 Å². The zero-order valence-corrected chi connectivity index (χ0v) is 8.66. The van der Waals surface area contributed by atoms with Gasteiger partial charge in [-0.2, -0.15) is 0 Å². The first kappa shape index (κ1) is 12.4. The fourth-order valence-corrected chi connectivity index (χ4v) is 2.05. The van der Waals surface area contributed by atoms with E-state index in [1.807, 2.05) is 4.90 Å². The highest BCUT2D eigenvalue weighted by Crippen LogP contribution is 2.20. The average Bonchev–Trinajstić information content (AvgIpc) is 2.14. The van der Waals surface area contributed by atoms with Crippen molar-refractivity contribution in [1.82, 2.24) is 4.90 Å². The molecule has 0 spiro atoms. The molecule has 0 aliphatic carbocycles. The van der Waals surface area contributed by atoms with Gasteiger partial charge >= 0.3 is 5.97 Å². The van der Waals surface area contributed by atoms with Crippen LogP contribution in [0.5, 0.6) is 0 Å². The van der Waals surface area contributed by atoms with Crippen LogP contribution in [0, 0.1) is 5.92 Å². The smallest absolute Gasteiger partial charge is 0.303 e. The van der Waals surface area contributed by atoms with Gasteiger partial charge in [-0.05, 0) is 25.3 Å². The number of nitrogens with zero attached hydrogens (tertiary/aromatic N) is 1. The number of carboxylic acids is 1. The number of aliphatic carboxylic acids is 1. The van der Waals surface area contributed by atoms with Crippen LogP contribution in [0.4, 0.5) is 8.78 Å². The summed E-state index contributed by atoms with van der Waals surface area (Å²) in [5, 5.41) is 8.63. The van der Waals surface area contributed by atoms with Crippen LogP contribution in [-0.4, -0.2) is 42.0 Å². The number of hydrogen-bond acceptors (Lipinski definition) is 2. The largest absolute Gasteiger partial charge is 0.481 e. The summed E-state index contributed by atoms with van der Waals surface area (Å²) in [6, 6.07) is 0. The Kier molecular flexibility index (Phi) is 4.94. The molecule has 0 aromatic carbocycles. The quantitative estimate of drug-likeness (QED) is 0.770. The van der Waals surface area contributed by atoms with E-state index in [1.165, 1.54) is 0 Å². The van der Waals surface area contributed by atoms with Gasteiger partial charge < -0.3 is 10.0 Å². The maximum absolute atomic E-state index is 12.0. The molecule has 0 saturated carbocycles. The summed E-state index contributed by atoms with van der Waals surface area (Å²) in [6.45, 7) is 1.86. The van der Waals surface area contributed by atoms with E-state index in [0.29, 0.717) is 13.1 Å². The first-order valence-electron chi connectivity index (χ1n) is 5.30. The Morgan fingerprint density at radius 2 is 2.27 bits per heavy atom. The van der Waals surface area contributed by atoms with Crippen LogP contribution in [0.15, 0.2) is 0 Å². The highest BCUT2D eigenvalue weighted by Gasteiger charge is 2.22. The van der Waals surface area contributed by atoms with Gasteiger partial charge in [-0.3, -0.25) is 4.79 Å². The molecular weight excluding hydrogens is 204 g/mol. The van der Waals surface area contributed by atoms with E-state index in [-0.39, 0.29) is 18.8 Å². The van der Waals surface area contributed by atoms with E-state index < -0.39 is 12.4 Å². The standard InChI is InChI=1S/C10H17F2NO2/c11-9(12)3-5-13-4-1-2-8(7-13)6-10(14)15/h8-9H,1-7H2,(H,14,15). The van der Waals surface area contributed by atoms with Crippen LogP contribution in [0.2, 0.25) is 0 Å². The highest BCUT2D eigenvalue weighted by atomic mass is 19.3. The number of piperidine rings is 1. The Labute approximate surface area is 88.1 Å². The van der Waals surface area contributed by atoms with Crippen LogP contribution in [0.1, 0.15) is 25.7 Å². The molecule has 3 nitrogen and oxygen atoms in total. The van der Waals surface area contributed by atoms with Crippen LogP contribution in [0.3, 0.4) is 0 Å². The Morgan fingerprint density at radius 1 is 1.53 bits per heavy atom. The molecule has 5 heteroatoms. The fourth-order valence-electron chi connectivity index (χ4n) is 2.05. The first-order valence-corrected chi connectivity index (χ1v) is 5.30. The van der Waals surface area contributed by atoms with Crippen LogP contribution < -0.4 is 0 Å². The maximum Gasteiger partial charge on any atom is 0.303 e. The van der Waals surface area contributed by atoms with Gasteiger partial charge in [0.1, 0.15) is 0 Å². The number of carbonyl (C=O) groups is 1. The van der Waals surface area contributed by atoms with Crippen LogP contribution in [0.25, 0.3) is 0 Å². The Hall–Kier alpha value is -0.710. The molecular formula is C10H17F2NO2. The average molecular weight is 221 g/mol. The van der Waals surface area contributed by atoms with Crippen molar-refractivity contribution in [1.29, 1.82) is 0 Å². The van der Waals surface area contributed by atoms with Gasteiger partial charge in [0.15, 0.2) is 0 Å². The monoisotopic (exact) mass is 221 g/mol. The van der Waals surface area contributed by atoms with E-state index in [0.717, 1.165) is 19.4 Å². The normalized spacial score (nSPS) is 23.3. The summed E-state index contributed by atoms with van der Waals surface area (Å²) in [7, 11) is 0. The molecule has 0 aromatic rings. The minimum atomic E-state index is -2.26. The molecule has 1 atom stereocenters. The lowest BCUT2D eigenvalue weighted by molar-refractivity contribution is -0.138. The molecule has 0 aromatic heterocycles. The van der Waals surface area contributed by atoms with Gasteiger partial charge in [0.05, 0.1) is 0 Å². The molecule has 1 aliphatic rings. The van der Waals surface area contributed by atoms with E-state index in [1.54, 1.807) is 0 Å². The molecule has 1 N–H and O–H groups in total. The second kappa shape index (κ2) is 6.00. The number of carboxylic acid groups (broad SMARTS) is 1. The minimum Gasteiger partial charge on any atom is -0.481 e. The summed E-state index contributed by atoms with van der Waals surface area (Å²) in [5.74, 6) is -0.662. The lowest BCUT2D eigenvalue weighted by Gasteiger charge is -2.31. The maximum atomic E-state index is 12.0. The van der Waals surface area contributed by atoms with Crippen LogP contribution >= 0.6 is 0 Å². The zero-order valence-electron chi connectivity index (χ0n) is 8.66. The number of hydrogen-bond donors (Lipinski definition) is 1. The summed E-state index contributed by atoms with van der Waals surface area (Å²) < 4.78 is 24.0.